The highest BCUT2D eigenvalue weighted by molar-refractivity contribution is 7.25. The number of allylic oxidation sites excluding steroid dienone is 4. The first-order chi connectivity index (χ1) is 31.6. The predicted molar refractivity (Wildman–Crippen MR) is 267 cm³/mol. The molecule has 64 heavy (non-hydrogen) atoms. The van der Waals surface area contributed by atoms with Crippen LogP contribution in [-0.4, -0.2) is 12.2 Å². The van der Waals surface area contributed by atoms with Crippen LogP contribution in [0.1, 0.15) is 50.4 Å². The Balaban J connectivity index is 0.00000239. The number of thiophene rings is 1. The summed E-state index contributed by atoms with van der Waals surface area (Å²) >= 11 is 1.80. The fourth-order valence-corrected chi connectivity index (χ4v) is 10.9. The molecule has 1 aromatic heterocycles. The van der Waals surface area contributed by atoms with E-state index in [0.717, 1.165) is 73.2 Å². The van der Waals surface area contributed by atoms with E-state index in [2.05, 4.69) is 212 Å². The van der Waals surface area contributed by atoms with Crippen LogP contribution in [-0.2, 0) is 5.41 Å². The standard InChI is InChI=1S/C58H41NO2S.CH5N/c59-53(41-30-32-47-46-24-11-13-29-54(46)62-55(47)35-41)36-50(38-16-4-1-5-17-38)40-19-14-18-39(34-40)45-26-15-27-49-56-48-25-10-12-28-51(48)58(42-20-6-2-7-21-42,43-22-8-3-9-23-43)52(56)33-31-44(37-60)61-57(45)49;1-2/h1-37,50,60H,59H2;2H2,1H3/b33-31-,44-37-,53-36-;. The molecular formula is C59H46N2O2S. The van der Waals surface area contributed by atoms with Gasteiger partial charge in [0, 0.05) is 42.9 Å². The number of aliphatic hydroxyl groups is 1. The van der Waals surface area contributed by atoms with Gasteiger partial charge in [0.15, 0.2) is 5.76 Å². The molecule has 2 heterocycles. The summed E-state index contributed by atoms with van der Waals surface area (Å²) in [5.74, 6) is 0.891. The molecule has 9 aromatic rings. The maximum atomic E-state index is 10.7. The van der Waals surface area contributed by atoms with Crippen LogP contribution in [0.2, 0.25) is 0 Å². The molecule has 0 radical (unpaired) electrons. The Hall–Kier alpha value is -7.70. The van der Waals surface area contributed by atoms with Gasteiger partial charge in [0.05, 0.1) is 5.41 Å². The summed E-state index contributed by atoms with van der Waals surface area (Å²) in [6, 6.07) is 71.0. The number of rotatable bonds is 7. The number of fused-ring (bicyclic) bond motifs is 7. The fraction of sp³-hybridized carbons (Fsp3) is 0.0508. The highest BCUT2D eigenvalue weighted by atomic mass is 32.1. The third kappa shape index (κ3) is 6.83. The van der Waals surface area contributed by atoms with Crippen molar-refractivity contribution >= 4 is 42.8 Å². The van der Waals surface area contributed by atoms with Crippen LogP contribution < -0.4 is 16.2 Å². The molecule has 310 valence electrons. The smallest absolute Gasteiger partial charge is 0.161 e. The van der Waals surface area contributed by atoms with Gasteiger partial charge in [-0.3, -0.25) is 0 Å². The SMILES string of the molecule is CN.N/C(=C\C(c1ccccc1)c1cccc(-c2cccc3c2OC(=C\O)/C=C\C2=C3c3ccccc3C2(c2ccccc2)c2ccccc2)c1)c1ccc2c(c1)sc1ccccc12. The molecule has 5 N–H and O–H groups in total. The topological polar surface area (TPSA) is 81.5 Å². The van der Waals surface area contributed by atoms with Gasteiger partial charge in [-0.25, -0.2) is 0 Å². The Kier molecular flexibility index (Phi) is 10.9. The molecule has 1 aliphatic carbocycles. The molecular weight excluding hydrogens is 801 g/mol. The van der Waals surface area contributed by atoms with Crippen LogP contribution in [0.3, 0.4) is 0 Å². The number of aliphatic hydroxyl groups excluding tert-OH is 1. The number of hydrogen-bond donors (Lipinski definition) is 3. The minimum atomic E-state index is -0.632. The first-order valence-corrected chi connectivity index (χ1v) is 22.3. The van der Waals surface area contributed by atoms with E-state index < -0.39 is 5.41 Å². The van der Waals surface area contributed by atoms with E-state index in [1.54, 1.807) is 11.3 Å². The molecule has 0 amide bonds. The Labute approximate surface area is 378 Å². The molecule has 1 atom stereocenters. The van der Waals surface area contributed by atoms with E-state index in [4.69, 9.17) is 10.5 Å². The van der Waals surface area contributed by atoms with E-state index in [-0.39, 0.29) is 5.92 Å². The highest BCUT2D eigenvalue weighted by Crippen LogP contribution is 2.58. The number of hydrogen-bond acceptors (Lipinski definition) is 5. The van der Waals surface area contributed by atoms with Gasteiger partial charge in [0.2, 0.25) is 0 Å². The molecule has 0 spiro atoms. The predicted octanol–water partition coefficient (Wildman–Crippen LogP) is 13.9. The van der Waals surface area contributed by atoms with Crippen LogP contribution in [0, 0.1) is 0 Å². The summed E-state index contributed by atoms with van der Waals surface area (Å²) in [5.41, 5.74) is 24.6. The fourth-order valence-electron chi connectivity index (χ4n) is 9.75. The second-order valence-electron chi connectivity index (χ2n) is 15.9. The van der Waals surface area contributed by atoms with Crippen molar-refractivity contribution in [1.29, 1.82) is 0 Å². The van der Waals surface area contributed by atoms with Crippen molar-refractivity contribution in [2.24, 2.45) is 11.5 Å². The van der Waals surface area contributed by atoms with E-state index in [0.29, 0.717) is 11.5 Å². The van der Waals surface area contributed by atoms with Gasteiger partial charge in [-0.15, -0.1) is 11.3 Å². The zero-order chi connectivity index (χ0) is 43.6. The molecule has 0 saturated carbocycles. The minimum absolute atomic E-state index is 0.134. The maximum Gasteiger partial charge on any atom is 0.161 e. The van der Waals surface area contributed by atoms with Crippen molar-refractivity contribution in [3.05, 3.63) is 281 Å². The molecule has 1 unspecified atom stereocenters. The van der Waals surface area contributed by atoms with Crippen LogP contribution in [0.25, 0.3) is 42.6 Å². The Morgan fingerprint density at radius 2 is 1.19 bits per heavy atom. The zero-order valence-electron chi connectivity index (χ0n) is 35.4. The normalized spacial score (nSPS) is 15.5. The molecule has 0 bridgehead atoms. The molecule has 2 aliphatic rings. The van der Waals surface area contributed by atoms with Crippen molar-refractivity contribution in [1.82, 2.24) is 0 Å². The summed E-state index contributed by atoms with van der Waals surface area (Å²) in [6.45, 7) is 0. The first kappa shape index (κ1) is 40.4. The van der Waals surface area contributed by atoms with E-state index >= 15 is 0 Å². The first-order valence-electron chi connectivity index (χ1n) is 21.5. The van der Waals surface area contributed by atoms with Gasteiger partial charge in [-0.05, 0) is 87.0 Å². The largest absolute Gasteiger partial charge is 0.512 e. The Bertz CT molecular complexity index is 3250. The van der Waals surface area contributed by atoms with Crippen molar-refractivity contribution in [2.75, 3.05) is 7.05 Å². The molecule has 0 fully saturated rings. The van der Waals surface area contributed by atoms with Gasteiger partial charge < -0.3 is 21.3 Å². The third-order valence-corrected chi connectivity index (χ3v) is 13.6. The molecule has 1 aliphatic heterocycles. The van der Waals surface area contributed by atoms with E-state index in [9.17, 15) is 5.11 Å². The average molecular weight is 847 g/mol. The van der Waals surface area contributed by atoms with Gasteiger partial charge in [-0.2, -0.15) is 0 Å². The highest BCUT2D eigenvalue weighted by Gasteiger charge is 2.48. The minimum Gasteiger partial charge on any atom is -0.512 e. The lowest BCUT2D eigenvalue weighted by Crippen LogP contribution is -2.29. The molecule has 5 heteroatoms. The van der Waals surface area contributed by atoms with Crippen LogP contribution in [0.15, 0.2) is 236 Å². The van der Waals surface area contributed by atoms with Crippen molar-refractivity contribution in [3.63, 3.8) is 0 Å². The lowest BCUT2D eigenvalue weighted by Gasteiger charge is -2.35. The second kappa shape index (κ2) is 17.2. The average Bonchev–Trinajstić information content (AvgIpc) is 3.88. The van der Waals surface area contributed by atoms with E-state index in [1.807, 2.05) is 12.1 Å². The summed E-state index contributed by atoms with van der Waals surface area (Å²) < 4.78 is 9.29. The van der Waals surface area contributed by atoms with Crippen LogP contribution in [0.5, 0.6) is 5.75 Å². The van der Waals surface area contributed by atoms with Crippen LogP contribution >= 0.6 is 11.3 Å². The number of nitrogens with two attached hydrogens (primary N) is 2. The zero-order valence-corrected chi connectivity index (χ0v) is 36.2. The van der Waals surface area contributed by atoms with Gasteiger partial charge in [-0.1, -0.05) is 194 Å². The number of para-hydroxylation sites is 1. The Morgan fingerprint density at radius 1 is 0.578 bits per heavy atom. The van der Waals surface area contributed by atoms with Gasteiger partial charge in [0.25, 0.3) is 0 Å². The van der Waals surface area contributed by atoms with Crippen LogP contribution in [0.4, 0.5) is 0 Å². The number of ether oxygens (including phenoxy) is 1. The van der Waals surface area contributed by atoms with Gasteiger partial charge in [0.1, 0.15) is 12.0 Å². The van der Waals surface area contributed by atoms with Crippen molar-refractivity contribution < 1.29 is 9.84 Å². The monoisotopic (exact) mass is 846 g/mol. The molecule has 11 rings (SSSR count). The van der Waals surface area contributed by atoms with Gasteiger partial charge >= 0.3 is 0 Å². The quantitative estimate of drug-likeness (QED) is 0.140. The molecule has 4 nitrogen and oxygen atoms in total. The van der Waals surface area contributed by atoms with Crippen molar-refractivity contribution in [3.8, 4) is 16.9 Å². The van der Waals surface area contributed by atoms with Crippen molar-refractivity contribution in [2.45, 2.75) is 11.3 Å². The second-order valence-corrected chi connectivity index (χ2v) is 17.0. The maximum absolute atomic E-state index is 10.7. The molecule has 8 aromatic carbocycles. The summed E-state index contributed by atoms with van der Waals surface area (Å²) in [6.07, 6.45) is 7.27. The number of benzene rings is 8. The summed E-state index contributed by atoms with van der Waals surface area (Å²) in [7, 11) is 1.50. The molecule has 0 saturated heterocycles. The van der Waals surface area contributed by atoms with E-state index in [1.165, 1.54) is 32.8 Å². The lowest BCUT2D eigenvalue weighted by molar-refractivity contribution is 0.388. The third-order valence-electron chi connectivity index (χ3n) is 12.5. The summed E-state index contributed by atoms with van der Waals surface area (Å²) in [4.78, 5) is 0. The Morgan fingerprint density at radius 3 is 1.94 bits per heavy atom. The lowest BCUT2D eigenvalue weighted by atomic mass is 9.66. The summed E-state index contributed by atoms with van der Waals surface area (Å²) in [5, 5.41) is 13.2.